The summed E-state index contributed by atoms with van der Waals surface area (Å²) in [5, 5.41) is 1.26. The highest BCUT2D eigenvalue weighted by Crippen LogP contribution is 2.33. The first-order valence-corrected chi connectivity index (χ1v) is 10.8. The average Bonchev–Trinajstić information content (AvgIpc) is 3.42. The van der Waals surface area contributed by atoms with E-state index in [9.17, 15) is 4.79 Å². The van der Waals surface area contributed by atoms with E-state index in [1.807, 2.05) is 53.2 Å². The number of ether oxygens (including phenoxy) is 1. The maximum atomic E-state index is 13.2. The molecule has 4 aromatic rings. The zero-order chi connectivity index (χ0) is 20.9. The molecule has 6 nitrogen and oxygen atoms in total. The highest BCUT2D eigenvalue weighted by molar-refractivity contribution is 7.22. The van der Waals surface area contributed by atoms with Gasteiger partial charge < -0.3 is 9.30 Å². The van der Waals surface area contributed by atoms with Crippen LogP contribution in [0.4, 0.5) is 5.13 Å². The number of anilines is 1. The van der Waals surface area contributed by atoms with Gasteiger partial charge in [-0.1, -0.05) is 41.1 Å². The number of nitrogens with zero attached hydrogens (tertiary/aromatic N) is 4. The summed E-state index contributed by atoms with van der Waals surface area (Å²) in [5.41, 5.74) is 1.66. The average molecular weight is 477 g/mol. The van der Waals surface area contributed by atoms with Gasteiger partial charge >= 0.3 is 0 Å². The second-order valence-corrected chi connectivity index (χ2v) is 8.22. The van der Waals surface area contributed by atoms with Crippen molar-refractivity contribution >= 4 is 56.6 Å². The minimum atomic E-state index is 0. The lowest BCUT2D eigenvalue weighted by atomic mass is 10.1. The summed E-state index contributed by atoms with van der Waals surface area (Å²) < 4.78 is 8.17. The Morgan fingerprint density at radius 3 is 2.71 bits per heavy atom. The predicted molar refractivity (Wildman–Crippen MR) is 128 cm³/mol. The van der Waals surface area contributed by atoms with Crippen molar-refractivity contribution in [1.29, 1.82) is 0 Å². The first-order valence-electron chi connectivity index (χ1n) is 9.58. The van der Waals surface area contributed by atoms with Gasteiger partial charge in [0.1, 0.15) is 11.3 Å². The molecule has 0 aliphatic heterocycles. The first-order chi connectivity index (χ1) is 14.6. The third-order valence-electron chi connectivity index (χ3n) is 4.76. The van der Waals surface area contributed by atoms with Gasteiger partial charge in [0.2, 0.25) is 5.91 Å². The fourth-order valence-electron chi connectivity index (χ4n) is 3.19. The number of carbonyl (C=O) groups is 1. The van der Waals surface area contributed by atoms with Crippen LogP contribution in [0.3, 0.4) is 0 Å². The highest BCUT2D eigenvalue weighted by Gasteiger charge is 2.20. The second kappa shape index (κ2) is 10.6. The third kappa shape index (κ3) is 5.55. The Labute approximate surface area is 195 Å². The topological polar surface area (TPSA) is 60.2 Å². The molecule has 9 heteroatoms. The molecule has 2 aromatic heterocycles. The molecule has 1 amide bonds. The molecule has 0 atom stereocenters. The van der Waals surface area contributed by atoms with Gasteiger partial charge in [-0.15, -0.1) is 12.4 Å². The molecule has 0 saturated carbocycles. The number of benzene rings is 2. The van der Waals surface area contributed by atoms with Crippen LogP contribution in [0.2, 0.25) is 5.02 Å². The molecule has 31 heavy (non-hydrogen) atoms. The summed E-state index contributed by atoms with van der Waals surface area (Å²) in [6, 6.07) is 13.2. The van der Waals surface area contributed by atoms with Crippen LogP contribution in [-0.4, -0.2) is 34.1 Å². The molecule has 0 spiro atoms. The number of halogens is 2. The van der Waals surface area contributed by atoms with E-state index in [0.717, 1.165) is 34.5 Å². The summed E-state index contributed by atoms with van der Waals surface area (Å²) >= 11 is 7.79. The minimum Gasteiger partial charge on any atom is -0.497 e. The quantitative estimate of drug-likeness (QED) is 0.348. The zero-order valence-electron chi connectivity index (χ0n) is 16.9. The lowest BCUT2D eigenvalue weighted by molar-refractivity contribution is -0.118. The van der Waals surface area contributed by atoms with Crippen molar-refractivity contribution in [2.75, 3.05) is 18.6 Å². The second-order valence-electron chi connectivity index (χ2n) is 6.81. The predicted octanol–water partition coefficient (Wildman–Crippen LogP) is 5.24. The number of amides is 1. The van der Waals surface area contributed by atoms with Crippen LogP contribution in [0, 0.1) is 0 Å². The Kier molecular flexibility index (Phi) is 7.90. The number of aryl methyl sites for hydroxylation is 1. The lowest BCUT2D eigenvalue weighted by Gasteiger charge is -2.20. The van der Waals surface area contributed by atoms with Crippen molar-refractivity contribution in [3.05, 3.63) is 71.8 Å². The number of methoxy groups -OCH3 is 1. The van der Waals surface area contributed by atoms with E-state index in [4.69, 9.17) is 16.3 Å². The first kappa shape index (κ1) is 23.1. The Balaban J connectivity index is 0.00000272. The molecule has 0 bridgehead atoms. The molecule has 0 unspecified atom stereocenters. The van der Waals surface area contributed by atoms with E-state index in [-0.39, 0.29) is 18.3 Å². The number of carbonyl (C=O) groups excluding carboxylic acids is 1. The van der Waals surface area contributed by atoms with Crippen LogP contribution in [-0.2, 0) is 17.8 Å². The van der Waals surface area contributed by atoms with Crippen molar-refractivity contribution in [3.8, 4) is 5.75 Å². The summed E-state index contributed by atoms with van der Waals surface area (Å²) in [6.45, 7) is 1.34. The van der Waals surface area contributed by atoms with E-state index in [0.29, 0.717) is 23.1 Å². The number of imidazole rings is 1. The normalized spacial score (nSPS) is 10.6. The Bertz CT molecular complexity index is 1130. The summed E-state index contributed by atoms with van der Waals surface area (Å²) in [7, 11) is 1.63. The maximum Gasteiger partial charge on any atom is 0.233 e. The van der Waals surface area contributed by atoms with Gasteiger partial charge in [-0.3, -0.25) is 9.69 Å². The number of thiazole rings is 1. The Morgan fingerprint density at radius 2 is 2.03 bits per heavy atom. The molecule has 162 valence electrons. The number of hydrogen-bond acceptors (Lipinski definition) is 5. The van der Waals surface area contributed by atoms with E-state index >= 15 is 0 Å². The van der Waals surface area contributed by atoms with Crippen LogP contribution in [0.25, 0.3) is 10.2 Å². The zero-order valence-corrected chi connectivity index (χ0v) is 19.3. The molecule has 0 aliphatic carbocycles. The molecular weight excluding hydrogens is 455 g/mol. The SMILES string of the molecule is COc1ccc(CC(=O)N(CCCn2ccnc2)c2nc3c(Cl)cccc3s2)cc1.Cl. The van der Waals surface area contributed by atoms with Crippen LogP contribution >= 0.6 is 35.3 Å². The number of rotatable bonds is 8. The highest BCUT2D eigenvalue weighted by atomic mass is 35.5. The summed E-state index contributed by atoms with van der Waals surface area (Å²) in [6.07, 6.45) is 6.52. The monoisotopic (exact) mass is 476 g/mol. The number of fused-ring (bicyclic) bond motifs is 1. The molecule has 0 fully saturated rings. The van der Waals surface area contributed by atoms with Crippen molar-refractivity contribution in [2.24, 2.45) is 0 Å². The van der Waals surface area contributed by atoms with E-state index < -0.39 is 0 Å². The molecule has 4 rings (SSSR count). The molecule has 0 saturated heterocycles. The Hall–Kier alpha value is -2.61. The Morgan fingerprint density at radius 1 is 1.23 bits per heavy atom. The summed E-state index contributed by atoms with van der Waals surface area (Å²) in [4.78, 5) is 23.7. The molecule has 2 aromatic carbocycles. The fraction of sp³-hybridized carbons (Fsp3) is 0.227. The molecule has 0 radical (unpaired) electrons. The van der Waals surface area contributed by atoms with Gasteiger partial charge in [-0.25, -0.2) is 9.97 Å². The maximum absolute atomic E-state index is 13.2. The fourth-order valence-corrected chi connectivity index (χ4v) is 4.50. The molecule has 0 aliphatic rings. The van der Waals surface area contributed by atoms with Crippen LogP contribution < -0.4 is 9.64 Å². The molecule has 2 heterocycles. The molecular formula is C22H22Cl2N4O2S. The van der Waals surface area contributed by atoms with Crippen LogP contribution in [0.5, 0.6) is 5.75 Å². The van der Waals surface area contributed by atoms with E-state index in [1.54, 1.807) is 24.5 Å². The van der Waals surface area contributed by atoms with Crippen molar-refractivity contribution < 1.29 is 9.53 Å². The van der Waals surface area contributed by atoms with Crippen molar-refractivity contribution in [2.45, 2.75) is 19.4 Å². The van der Waals surface area contributed by atoms with Gasteiger partial charge in [0.25, 0.3) is 0 Å². The summed E-state index contributed by atoms with van der Waals surface area (Å²) in [5.74, 6) is 0.769. The van der Waals surface area contributed by atoms with Crippen LogP contribution in [0.15, 0.2) is 61.2 Å². The van der Waals surface area contributed by atoms with Crippen molar-refractivity contribution in [1.82, 2.24) is 14.5 Å². The molecule has 0 N–H and O–H groups in total. The van der Waals surface area contributed by atoms with Gasteiger partial charge in [0.05, 0.1) is 29.6 Å². The van der Waals surface area contributed by atoms with Crippen LogP contribution in [0.1, 0.15) is 12.0 Å². The van der Waals surface area contributed by atoms with Gasteiger partial charge in [-0.05, 0) is 36.2 Å². The van der Waals surface area contributed by atoms with E-state index in [1.165, 1.54) is 11.3 Å². The number of aromatic nitrogens is 3. The minimum absolute atomic E-state index is 0. The standard InChI is InChI=1S/C22H21ClN4O2S.ClH/c1-29-17-8-6-16(7-9-17)14-20(28)27(12-3-11-26-13-10-24-15-26)22-25-21-18(23)4-2-5-19(21)30-22;/h2,4-10,13,15H,3,11-12,14H2,1H3;1H. The van der Waals surface area contributed by atoms with Gasteiger partial charge in [0.15, 0.2) is 5.13 Å². The van der Waals surface area contributed by atoms with Gasteiger partial charge in [-0.2, -0.15) is 0 Å². The number of para-hydroxylation sites is 1. The number of hydrogen-bond donors (Lipinski definition) is 0. The smallest absolute Gasteiger partial charge is 0.233 e. The van der Waals surface area contributed by atoms with Crippen molar-refractivity contribution in [3.63, 3.8) is 0 Å². The lowest BCUT2D eigenvalue weighted by Crippen LogP contribution is -2.33. The largest absolute Gasteiger partial charge is 0.497 e. The third-order valence-corrected chi connectivity index (χ3v) is 6.11. The van der Waals surface area contributed by atoms with Gasteiger partial charge in [0, 0.05) is 25.5 Å². The van der Waals surface area contributed by atoms with E-state index in [2.05, 4.69) is 9.97 Å².